The van der Waals surface area contributed by atoms with Crippen LogP contribution in [-0.2, 0) is 17.6 Å². The molecule has 142 valence electrons. The Bertz CT molecular complexity index is 870. The summed E-state index contributed by atoms with van der Waals surface area (Å²) in [7, 11) is 0. The molecule has 2 aliphatic rings. The molecule has 2 aromatic rings. The number of esters is 1. The van der Waals surface area contributed by atoms with Gasteiger partial charge < -0.3 is 9.64 Å². The van der Waals surface area contributed by atoms with Gasteiger partial charge in [0.2, 0.25) is 0 Å². The summed E-state index contributed by atoms with van der Waals surface area (Å²) >= 11 is 1.85. The molecular weight excluding hydrogens is 354 g/mol. The predicted molar refractivity (Wildman–Crippen MR) is 111 cm³/mol. The van der Waals surface area contributed by atoms with E-state index >= 15 is 0 Å². The standard InChI is InChI=1S/C23H27NO2S/c1-3-24-12-9-17(10-13-24)21-20-15-19(23(25)26-4-2)8-6-16(20)5-7-18-11-14-27-22(18)21/h6,8,11,14-15H,3-5,7,9-10,12-13H2,1-2H3. The van der Waals surface area contributed by atoms with Crippen molar-refractivity contribution in [3.8, 4) is 0 Å². The first kappa shape index (κ1) is 18.5. The highest BCUT2D eigenvalue weighted by molar-refractivity contribution is 7.11. The molecule has 2 heterocycles. The van der Waals surface area contributed by atoms with Crippen LogP contribution in [0.3, 0.4) is 0 Å². The van der Waals surface area contributed by atoms with Crippen LogP contribution in [0.1, 0.15) is 58.6 Å². The van der Waals surface area contributed by atoms with E-state index in [1.807, 2.05) is 24.3 Å². The normalized spacial score (nSPS) is 17.3. The number of carbonyl (C=O) groups excluding carboxylic acids is 1. The number of thiophene rings is 1. The molecule has 0 saturated carbocycles. The van der Waals surface area contributed by atoms with Crippen molar-refractivity contribution in [2.75, 3.05) is 26.2 Å². The number of likely N-dealkylation sites (tertiary alicyclic amines) is 1. The topological polar surface area (TPSA) is 29.5 Å². The Balaban J connectivity index is 1.83. The maximum Gasteiger partial charge on any atom is 0.338 e. The summed E-state index contributed by atoms with van der Waals surface area (Å²) in [6.07, 6.45) is 4.33. The number of hydrogen-bond acceptors (Lipinski definition) is 4. The van der Waals surface area contributed by atoms with E-state index in [2.05, 4.69) is 35.4 Å². The molecule has 0 N–H and O–H groups in total. The molecule has 0 unspecified atom stereocenters. The summed E-state index contributed by atoms with van der Waals surface area (Å²) in [5.74, 6) is -0.221. The average Bonchev–Trinajstić information content (AvgIpc) is 3.10. The highest BCUT2D eigenvalue weighted by atomic mass is 32.1. The number of piperidine rings is 1. The summed E-state index contributed by atoms with van der Waals surface area (Å²) in [4.78, 5) is 16.3. The second-order valence-corrected chi connectivity index (χ2v) is 8.20. The Morgan fingerprint density at radius 1 is 1.07 bits per heavy atom. The van der Waals surface area contributed by atoms with Gasteiger partial charge in [-0.15, -0.1) is 11.3 Å². The van der Waals surface area contributed by atoms with Crippen LogP contribution in [0, 0.1) is 0 Å². The van der Waals surface area contributed by atoms with Gasteiger partial charge in [0.15, 0.2) is 0 Å². The first-order valence-corrected chi connectivity index (χ1v) is 10.9. The van der Waals surface area contributed by atoms with Crippen LogP contribution in [0.15, 0.2) is 35.2 Å². The number of carbonyl (C=O) groups is 1. The van der Waals surface area contributed by atoms with Crippen LogP contribution >= 0.6 is 11.3 Å². The monoisotopic (exact) mass is 381 g/mol. The van der Waals surface area contributed by atoms with Crippen molar-refractivity contribution in [1.82, 2.24) is 4.90 Å². The SMILES string of the molecule is CCOC(=O)c1ccc2c(c1)C(=C1CCN(CC)CC1)c1sccc1CC2. The van der Waals surface area contributed by atoms with Crippen molar-refractivity contribution in [1.29, 1.82) is 0 Å². The number of hydrogen-bond donors (Lipinski definition) is 0. The molecule has 3 nitrogen and oxygen atoms in total. The molecule has 0 amide bonds. The molecule has 0 spiro atoms. The average molecular weight is 382 g/mol. The van der Waals surface area contributed by atoms with Gasteiger partial charge in [0.1, 0.15) is 0 Å². The summed E-state index contributed by atoms with van der Waals surface area (Å²) in [6.45, 7) is 7.88. The van der Waals surface area contributed by atoms with Crippen LogP contribution in [0.4, 0.5) is 0 Å². The number of aryl methyl sites for hydroxylation is 2. The third-order valence-electron chi connectivity index (χ3n) is 5.79. The zero-order valence-electron chi connectivity index (χ0n) is 16.2. The van der Waals surface area contributed by atoms with Gasteiger partial charge in [0, 0.05) is 18.0 Å². The van der Waals surface area contributed by atoms with Crippen molar-refractivity contribution in [2.24, 2.45) is 0 Å². The molecule has 4 heteroatoms. The maximum atomic E-state index is 12.3. The molecule has 0 bridgehead atoms. The van der Waals surface area contributed by atoms with Gasteiger partial charge in [0.25, 0.3) is 0 Å². The summed E-state index contributed by atoms with van der Waals surface area (Å²) in [5, 5.41) is 2.21. The summed E-state index contributed by atoms with van der Waals surface area (Å²) in [6, 6.07) is 8.43. The predicted octanol–water partition coefficient (Wildman–Crippen LogP) is 4.94. The molecular formula is C23H27NO2S. The van der Waals surface area contributed by atoms with Gasteiger partial charge in [-0.05, 0) is 85.0 Å². The van der Waals surface area contributed by atoms with E-state index in [4.69, 9.17) is 4.74 Å². The molecule has 1 fully saturated rings. The molecule has 1 aromatic heterocycles. The van der Waals surface area contributed by atoms with E-state index in [0.29, 0.717) is 12.2 Å². The van der Waals surface area contributed by atoms with Crippen LogP contribution in [0.5, 0.6) is 0 Å². The lowest BCUT2D eigenvalue weighted by atomic mass is 9.89. The maximum absolute atomic E-state index is 12.3. The highest BCUT2D eigenvalue weighted by Crippen LogP contribution is 2.41. The minimum absolute atomic E-state index is 0.221. The molecule has 1 aliphatic carbocycles. The lowest BCUT2D eigenvalue weighted by molar-refractivity contribution is 0.0526. The highest BCUT2D eigenvalue weighted by Gasteiger charge is 2.25. The van der Waals surface area contributed by atoms with Crippen LogP contribution in [0.2, 0.25) is 0 Å². The second-order valence-electron chi connectivity index (χ2n) is 7.28. The third kappa shape index (κ3) is 3.61. The van der Waals surface area contributed by atoms with Crippen molar-refractivity contribution < 1.29 is 9.53 Å². The lowest BCUT2D eigenvalue weighted by Crippen LogP contribution is -2.30. The van der Waals surface area contributed by atoms with E-state index in [1.165, 1.54) is 27.1 Å². The molecule has 1 aromatic carbocycles. The van der Waals surface area contributed by atoms with Gasteiger partial charge >= 0.3 is 5.97 Å². The summed E-state index contributed by atoms with van der Waals surface area (Å²) < 4.78 is 5.25. The second kappa shape index (κ2) is 7.99. The minimum Gasteiger partial charge on any atom is -0.462 e. The van der Waals surface area contributed by atoms with E-state index in [0.717, 1.165) is 45.3 Å². The molecule has 1 aliphatic heterocycles. The van der Waals surface area contributed by atoms with Crippen molar-refractivity contribution in [3.05, 3.63) is 62.3 Å². The molecule has 1 saturated heterocycles. The third-order valence-corrected chi connectivity index (χ3v) is 6.76. The van der Waals surface area contributed by atoms with E-state index in [1.54, 1.807) is 5.57 Å². The van der Waals surface area contributed by atoms with Crippen molar-refractivity contribution in [3.63, 3.8) is 0 Å². The number of fused-ring (bicyclic) bond motifs is 2. The number of nitrogens with zero attached hydrogens (tertiary/aromatic N) is 1. The van der Waals surface area contributed by atoms with Gasteiger partial charge in [-0.25, -0.2) is 4.79 Å². The molecule has 4 rings (SSSR count). The van der Waals surface area contributed by atoms with Crippen molar-refractivity contribution in [2.45, 2.75) is 39.5 Å². The smallest absolute Gasteiger partial charge is 0.338 e. The fourth-order valence-corrected chi connectivity index (χ4v) is 5.31. The van der Waals surface area contributed by atoms with Crippen LogP contribution in [0.25, 0.3) is 5.57 Å². The molecule has 0 radical (unpaired) electrons. The fraction of sp³-hybridized carbons (Fsp3) is 0.435. The number of benzene rings is 1. The Morgan fingerprint density at radius 3 is 2.59 bits per heavy atom. The number of ether oxygens (including phenoxy) is 1. The first-order chi connectivity index (χ1) is 13.2. The van der Waals surface area contributed by atoms with E-state index in [-0.39, 0.29) is 5.97 Å². The first-order valence-electron chi connectivity index (χ1n) is 10.0. The Labute approximate surface area is 165 Å². The van der Waals surface area contributed by atoms with Gasteiger partial charge in [-0.2, -0.15) is 0 Å². The fourth-order valence-electron chi connectivity index (χ4n) is 4.25. The van der Waals surface area contributed by atoms with E-state index < -0.39 is 0 Å². The van der Waals surface area contributed by atoms with Gasteiger partial charge in [-0.3, -0.25) is 0 Å². The Morgan fingerprint density at radius 2 is 1.85 bits per heavy atom. The zero-order valence-corrected chi connectivity index (χ0v) is 17.0. The number of rotatable bonds is 3. The largest absolute Gasteiger partial charge is 0.462 e. The summed E-state index contributed by atoms with van der Waals surface area (Å²) in [5.41, 5.74) is 7.67. The van der Waals surface area contributed by atoms with E-state index in [9.17, 15) is 4.79 Å². The molecule has 27 heavy (non-hydrogen) atoms. The minimum atomic E-state index is -0.221. The van der Waals surface area contributed by atoms with Crippen LogP contribution < -0.4 is 0 Å². The van der Waals surface area contributed by atoms with Crippen molar-refractivity contribution >= 4 is 22.9 Å². The zero-order chi connectivity index (χ0) is 18.8. The molecule has 0 atom stereocenters. The Hall–Kier alpha value is -1.91. The Kier molecular flexibility index (Phi) is 5.46. The van der Waals surface area contributed by atoms with Crippen LogP contribution in [-0.4, -0.2) is 37.1 Å². The quantitative estimate of drug-likeness (QED) is 0.705. The van der Waals surface area contributed by atoms with Gasteiger partial charge in [0.05, 0.1) is 12.2 Å². The lowest BCUT2D eigenvalue weighted by Gasteiger charge is -2.29. The van der Waals surface area contributed by atoms with Gasteiger partial charge in [-0.1, -0.05) is 18.6 Å².